The summed E-state index contributed by atoms with van der Waals surface area (Å²) in [6, 6.07) is 4.18. The predicted molar refractivity (Wildman–Crippen MR) is 78.8 cm³/mol. The minimum Gasteiger partial charge on any atom is -0.480 e. The van der Waals surface area contributed by atoms with Crippen LogP contribution >= 0.6 is 11.6 Å². The van der Waals surface area contributed by atoms with Gasteiger partial charge in [-0.3, -0.25) is 5.01 Å². The number of nitrogens with zero attached hydrogens (tertiary/aromatic N) is 2. The molecule has 1 aliphatic heterocycles. The van der Waals surface area contributed by atoms with Gasteiger partial charge < -0.3 is 9.84 Å². The first-order chi connectivity index (χ1) is 9.93. The predicted octanol–water partition coefficient (Wildman–Crippen LogP) is 2.23. The van der Waals surface area contributed by atoms with Crippen LogP contribution in [-0.4, -0.2) is 35.4 Å². The summed E-state index contributed by atoms with van der Waals surface area (Å²) >= 11 is 6.05. The van der Waals surface area contributed by atoms with Crippen LogP contribution in [0.5, 0.6) is 0 Å². The molecule has 1 heterocycles. The Morgan fingerprint density at radius 1 is 1.52 bits per heavy atom. The highest BCUT2D eigenvalue weighted by atomic mass is 35.5. The molecule has 21 heavy (non-hydrogen) atoms. The van der Waals surface area contributed by atoms with Gasteiger partial charge in [0.1, 0.15) is 5.71 Å². The standard InChI is InChI=1S/C14H15ClN2O4/c1-3-21-14(20)11-7-12(13(18)19)17(16-11)9-5-4-8(2)10(15)6-9/h4-6,12H,3,7H2,1-2H3,(H,18,19). The van der Waals surface area contributed by atoms with Crippen molar-refractivity contribution in [3.05, 3.63) is 28.8 Å². The molecule has 2 rings (SSSR count). The lowest BCUT2D eigenvalue weighted by Gasteiger charge is -2.20. The third-order valence-corrected chi connectivity index (χ3v) is 3.53. The molecule has 0 bridgehead atoms. The normalized spacial score (nSPS) is 17.6. The molecule has 0 fully saturated rings. The lowest BCUT2D eigenvalue weighted by Crippen LogP contribution is -2.34. The number of ether oxygens (including phenoxy) is 1. The first-order valence-electron chi connectivity index (χ1n) is 6.46. The third kappa shape index (κ3) is 3.16. The Hall–Kier alpha value is -2.08. The molecular formula is C14H15ClN2O4. The summed E-state index contributed by atoms with van der Waals surface area (Å²) in [5.41, 5.74) is 1.50. The Bertz CT molecular complexity index is 615. The van der Waals surface area contributed by atoms with Crippen molar-refractivity contribution in [3.8, 4) is 0 Å². The van der Waals surface area contributed by atoms with Crippen LogP contribution in [-0.2, 0) is 14.3 Å². The van der Waals surface area contributed by atoms with E-state index < -0.39 is 18.0 Å². The van der Waals surface area contributed by atoms with Crippen molar-refractivity contribution in [1.29, 1.82) is 0 Å². The van der Waals surface area contributed by atoms with Gasteiger partial charge in [-0.1, -0.05) is 17.7 Å². The summed E-state index contributed by atoms with van der Waals surface area (Å²) < 4.78 is 4.87. The maximum atomic E-state index is 11.7. The number of hydrogen-bond acceptors (Lipinski definition) is 5. The Morgan fingerprint density at radius 3 is 2.81 bits per heavy atom. The van der Waals surface area contributed by atoms with Crippen LogP contribution < -0.4 is 5.01 Å². The molecule has 1 aromatic carbocycles. The fourth-order valence-corrected chi connectivity index (χ4v) is 2.18. The van der Waals surface area contributed by atoms with Crippen molar-refractivity contribution in [1.82, 2.24) is 0 Å². The molecule has 0 spiro atoms. The van der Waals surface area contributed by atoms with E-state index in [1.807, 2.05) is 6.92 Å². The smallest absolute Gasteiger partial charge is 0.354 e. The van der Waals surface area contributed by atoms with Gasteiger partial charge in [0.15, 0.2) is 6.04 Å². The van der Waals surface area contributed by atoms with E-state index in [0.717, 1.165) is 5.56 Å². The van der Waals surface area contributed by atoms with Gasteiger partial charge in [0.05, 0.1) is 12.3 Å². The average Bonchev–Trinajstić information content (AvgIpc) is 2.87. The molecule has 112 valence electrons. The van der Waals surface area contributed by atoms with Crippen molar-refractivity contribution in [2.45, 2.75) is 26.3 Å². The number of carboxylic acid groups (broad SMARTS) is 1. The molecule has 0 saturated carbocycles. The zero-order chi connectivity index (χ0) is 15.6. The largest absolute Gasteiger partial charge is 0.480 e. The fraction of sp³-hybridized carbons (Fsp3) is 0.357. The fourth-order valence-electron chi connectivity index (χ4n) is 2.00. The zero-order valence-electron chi connectivity index (χ0n) is 11.7. The molecule has 1 unspecified atom stereocenters. The Labute approximate surface area is 127 Å². The maximum absolute atomic E-state index is 11.7. The molecule has 0 radical (unpaired) electrons. The summed E-state index contributed by atoms with van der Waals surface area (Å²) in [6.45, 7) is 3.74. The number of esters is 1. The number of aliphatic carboxylic acids is 1. The Kier molecular flexibility index (Phi) is 4.47. The highest BCUT2D eigenvalue weighted by Gasteiger charge is 2.36. The van der Waals surface area contributed by atoms with Crippen LogP contribution in [0.1, 0.15) is 18.9 Å². The van der Waals surface area contributed by atoms with Crippen molar-refractivity contribution >= 4 is 34.9 Å². The van der Waals surface area contributed by atoms with E-state index in [1.165, 1.54) is 5.01 Å². The maximum Gasteiger partial charge on any atom is 0.354 e. The lowest BCUT2D eigenvalue weighted by atomic mass is 10.1. The van der Waals surface area contributed by atoms with E-state index in [9.17, 15) is 14.7 Å². The molecule has 0 saturated heterocycles. The monoisotopic (exact) mass is 310 g/mol. The van der Waals surface area contributed by atoms with Crippen molar-refractivity contribution < 1.29 is 19.4 Å². The number of rotatable bonds is 4. The molecule has 6 nitrogen and oxygen atoms in total. The van der Waals surface area contributed by atoms with Crippen LogP contribution in [0.15, 0.2) is 23.3 Å². The van der Waals surface area contributed by atoms with E-state index in [4.69, 9.17) is 16.3 Å². The zero-order valence-corrected chi connectivity index (χ0v) is 12.4. The van der Waals surface area contributed by atoms with Crippen LogP contribution in [0.2, 0.25) is 5.02 Å². The number of hydrazone groups is 1. The van der Waals surface area contributed by atoms with Gasteiger partial charge in [-0.05, 0) is 31.5 Å². The summed E-state index contributed by atoms with van der Waals surface area (Å²) in [5.74, 6) is -1.65. The lowest BCUT2D eigenvalue weighted by molar-refractivity contribution is -0.138. The second-order valence-electron chi connectivity index (χ2n) is 4.60. The topological polar surface area (TPSA) is 79.2 Å². The number of carbonyl (C=O) groups excluding carboxylic acids is 1. The van der Waals surface area contributed by atoms with Crippen LogP contribution in [0, 0.1) is 6.92 Å². The minimum absolute atomic E-state index is 0.000335. The molecule has 1 atom stereocenters. The highest BCUT2D eigenvalue weighted by molar-refractivity contribution is 6.38. The Balaban J connectivity index is 2.35. The first kappa shape index (κ1) is 15.3. The first-order valence-corrected chi connectivity index (χ1v) is 6.84. The number of carboxylic acids is 1. The molecule has 0 aliphatic carbocycles. The van der Waals surface area contributed by atoms with Crippen molar-refractivity contribution in [2.75, 3.05) is 11.6 Å². The number of anilines is 1. The number of carbonyl (C=O) groups is 2. The molecule has 7 heteroatoms. The SMILES string of the molecule is CCOC(=O)C1=NN(c2ccc(C)c(Cl)c2)C(C(=O)O)C1. The van der Waals surface area contributed by atoms with Gasteiger partial charge in [0.25, 0.3) is 0 Å². The molecule has 1 aliphatic rings. The summed E-state index contributed by atoms with van der Waals surface area (Å²) in [4.78, 5) is 23.1. The van der Waals surface area contributed by atoms with Gasteiger partial charge in [0, 0.05) is 11.4 Å². The second kappa shape index (κ2) is 6.13. The van der Waals surface area contributed by atoms with Crippen molar-refractivity contribution in [3.63, 3.8) is 0 Å². The van der Waals surface area contributed by atoms with E-state index >= 15 is 0 Å². The van der Waals surface area contributed by atoms with Crippen molar-refractivity contribution in [2.24, 2.45) is 5.10 Å². The van der Waals surface area contributed by atoms with Gasteiger partial charge in [-0.25, -0.2) is 9.59 Å². The number of hydrogen-bond donors (Lipinski definition) is 1. The van der Waals surface area contributed by atoms with Gasteiger partial charge in [-0.2, -0.15) is 5.10 Å². The Morgan fingerprint density at radius 2 is 2.24 bits per heavy atom. The van der Waals surface area contributed by atoms with Gasteiger partial charge in [0.2, 0.25) is 0 Å². The van der Waals surface area contributed by atoms with Gasteiger partial charge in [-0.15, -0.1) is 0 Å². The quantitative estimate of drug-likeness (QED) is 0.863. The molecule has 0 aromatic heterocycles. The van der Waals surface area contributed by atoms with E-state index in [-0.39, 0.29) is 18.7 Å². The number of aryl methyl sites for hydroxylation is 1. The second-order valence-corrected chi connectivity index (χ2v) is 5.01. The number of benzene rings is 1. The summed E-state index contributed by atoms with van der Waals surface area (Å²) in [6.07, 6.45) is -0.000335. The molecule has 0 amide bonds. The number of halogens is 1. The molecular weight excluding hydrogens is 296 g/mol. The van der Waals surface area contributed by atoms with Crippen LogP contribution in [0.4, 0.5) is 5.69 Å². The van der Waals surface area contributed by atoms with E-state index in [1.54, 1.807) is 25.1 Å². The van der Waals surface area contributed by atoms with E-state index in [0.29, 0.717) is 10.7 Å². The molecule has 1 N–H and O–H groups in total. The summed E-state index contributed by atoms with van der Waals surface area (Å²) in [5, 5.41) is 15.2. The van der Waals surface area contributed by atoms with Crippen LogP contribution in [0.25, 0.3) is 0 Å². The third-order valence-electron chi connectivity index (χ3n) is 3.13. The highest BCUT2D eigenvalue weighted by Crippen LogP contribution is 2.29. The average molecular weight is 311 g/mol. The van der Waals surface area contributed by atoms with E-state index in [2.05, 4.69) is 5.10 Å². The van der Waals surface area contributed by atoms with Crippen LogP contribution in [0.3, 0.4) is 0 Å². The summed E-state index contributed by atoms with van der Waals surface area (Å²) in [7, 11) is 0. The minimum atomic E-state index is -1.06. The van der Waals surface area contributed by atoms with Gasteiger partial charge >= 0.3 is 11.9 Å². The molecule has 1 aromatic rings.